The number of benzene rings is 1. The van der Waals surface area contributed by atoms with Gasteiger partial charge >= 0.3 is 5.97 Å². The van der Waals surface area contributed by atoms with Crippen molar-refractivity contribution < 1.29 is 19.0 Å². The van der Waals surface area contributed by atoms with Gasteiger partial charge < -0.3 is 24.8 Å². The monoisotopic (exact) mass is 354 g/mol. The van der Waals surface area contributed by atoms with Crippen LogP contribution in [0.3, 0.4) is 0 Å². The Balaban J connectivity index is 2.36. The summed E-state index contributed by atoms with van der Waals surface area (Å²) in [5.41, 5.74) is 1.11. The van der Waals surface area contributed by atoms with Crippen LogP contribution >= 0.6 is 12.2 Å². The van der Waals surface area contributed by atoms with E-state index in [1.165, 1.54) is 0 Å². The van der Waals surface area contributed by atoms with E-state index in [1.54, 1.807) is 21.1 Å². The number of esters is 1. The zero-order valence-corrected chi connectivity index (χ0v) is 15.5. The van der Waals surface area contributed by atoms with Crippen LogP contribution in [0.2, 0.25) is 0 Å². The zero-order chi connectivity index (χ0) is 17.9. The van der Waals surface area contributed by atoms with Crippen LogP contribution in [0, 0.1) is 0 Å². The standard InChI is InChI=1S/C17H26N2O4S/c1-5-23-16(20)10-12(2)19-17(24)18-9-8-13-6-7-14(21-3)15(11-13)22-4/h6-7,11-12H,5,8-10H2,1-4H3,(H2,18,19,24). The maximum Gasteiger partial charge on any atom is 0.307 e. The lowest BCUT2D eigenvalue weighted by molar-refractivity contribution is -0.143. The Bertz CT molecular complexity index is 551. The third-order valence-corrected chi connectivity index (χ3v) is 3.57. The van der Waals surface area contributed by atoms with Crippen LogP contribution in [0.15, 0.2) is 18.2 Å². The SMILES string of the molecule is CCOC(=O)CC(C)NC(=S)NCCc1ccc(OC)c(OC)c1. The van der Waals surface area contributed by atoms with E-state index < -0.39 is 0 Å². The molecule has 0 heterocycles. The number of methoxy groups -OCH3 is 2. The van der Waals surface area contributed by atoms with Gasteiger partial charge in [0, 0.05) is 12.6 Å². The summed E-state index contributed by atoms with van der Waals surface area (Å²) in [5.74, 6) is 1.18. The highest BCUT2D eigenvalue weighted by molar-refractivity contribution is 7.80. The Kier molecular flexibility index (Phi) is 8.93. The molecule has 0 radical (unpaired) electrons. The van der Waals surface area contributed by atoms with Gasteiger partial charge in [-0.2, -0.15) is 0 Å². The number of ether oxygens (including phenoxy) is 3. The third-order valence-electron chi connectivity index (χ3n) is 3.30. The van der Waals surface area contributed by atoms with Crippen molar-refractivity contribution in [3.05, 3.63) is 23.8 Å². The van der Waals surface area contributed by atoms with Gasteiger partial charge in [-0.1, -0.05) is 6.07 Å². The van der Waals surface area contributed by atoms with Crippen molar-refractivity contribution in [3.63, 3.8) is 0 Å². The maximum absolute atomic E-state index is 11.4. The fourth-order valence-electron chi connectivity index (χ4n) is 2.15. The lowest BCUT2D eigenvalue weighted by atomic mass is 10.1. The van der Waals surface area contributed by atoms with E-state index in [0.717, 1.165) is 12.0 Å². The molecule has 1 atom stereocenters. The molecular formula is C17H26N2O4S. The molecule has 0 aliphatic heterocycles. The number of hydrogen-bond donors (Lipinski definition) is 2. The summed E-state index contributed by atoms with van der Waals surface area (Å²) < 4.78 is 15.4. The van der Waals surface area contributed by atoms with Gasteiger partial charge in [0.05, 0.1) is 27.2 Å². The van der Waals surface area contributed by atoms with E-state index in [0.29, 0.717) is 29.8 Å². The molecular weight excluding hydrogens is 328 g/mol. The Morgan fingerprint density at radius 3 is 2.58 bits per heavy atom. The van der Waals surface area contributed by atoms with Crippen molar-refractivity contribution in [2.75, 3.05) is 27.4 Å². The molecule has 0 fully saturated rings. The van der Waals surface area contributed by atoms with Crippen LogP contribution in [0.5, 0.6) is 11.5 Å². The van der Waals surface area contributed by atoms with Crippen molar-refractivity contribution in [1.82, 2.24) is 10.6 Å². The largest absolute Gasteiger partial charge is 0.493 e. The average molecular weight is 354 g/mol. The zero-order valence-electron chi connectivity index (χ0n) is 14.7. The Labute approximate surface area is 148 Å². The molecule has 6 nitrogen and oxygen atoms in total. The molecule has 2 N–H and O–H groups in total. The second-order valence-electron chi connectivity index (χ2n) is 5.25. The molecule has 0 bridgehead atoms. The van der Waals surface area contributed by atoms with Gasteiger partial charge in [0.15, 0.2) is 16.6 Å². The molecule has 1 unspecified atom stereocenters. The smallest absolute Gasteiger partial charge is 0.307 e. The molecule has 1 rings (SSSR count). The van der Waals surface area contributed by atoms with E-state index in [9.17, 15) is 4.79 Å². The first kappa shape index (κ1) is 20.0. The minimum atomic E-state index is -0.231. The van der Waals surface area contributed by atoms with Crippen LogP contribution in [-0.2, 0) is 16.0 Å². The van der Waals surface area contributed by atoms with Crippen LogP contribution in [0.25, 0.3) is 0 Å². The van der Waals surface area contributed by atoms with Gasteiger partial charge in [0.25, 0.3) is 0 Å². The van der Waals surface area contributed by atoms with Crippen molar-refractivity contribution >= 4 is 23.3 Å². The molecule has 1 aromatic rings. The van der Waals surface area contributed by atoms with Crippen molar-refractivity contribution in [2.24, 2.45) is 0 Å². The molecule has 0 saturated heterocycles. The second kappa shape index (κ2) is 10.7. The van der Waals surface area contributed by atoms with E-state index in [1.807, 2.05) is 25.1 Å². The molecule has 0 aliphatic rings. The molecule has 0 amide bonds. The lowest BCUT2D eigenvalue weighted by Crippen LogP contribution is -2.42. The highest BCUT2D eigenvalue weighted by Crippen LogP contribution is 2.27. The minimum absolute atomic E-state index is 0.0786. The minimum Gasteiger partial charge on any atom is -0.493 e. The number of carbonyl (C=O) groups is 1. The van der Waals surface area contributed by atoms with Gasteiger partial charge in [-0.25, -0.2) is 0 Å². The highest BCUT2D eigenvalue weighted by Gasteiger charge is 2.10. The number of rotatable bonds is 9. The predicted molar refractivity (Wildman–Crippen MR) is 97.7 cm³/mol. The lowest BCUT2D eigenvalue weighted by Gasteiger charge is -2.16. The van der Waals surface area contributed by atoms with Crippen molar-refractivity contribution in [1.29, 1.82) is 0 Å². The molecule has 1 aromatic carbocycles. The Morgan fingerprint density at radius 2 is 1.96 bits per heavy atom. The quantitative estimate of drug-likeness (QED) is 0.519. The van der Waals surface area contributed by atoms with Gasteiger partial charge in [0.1, 0.15) is 0 Å². The fourth-order valence-corrected chi connectivity index (χ4v) is 2.46. The number of nitrogens with one attached hydrogen (secondary N) is 2. The molecule has 0 saturated carbocycles. The highest BCUT2D eigenvalue weighted by atomic mass is 32.1. The fraction of sp³-hybridized carbons (Fsp3) is 0.529. The first-order chi connectivity index (χ1) is 11.5. The second-order valence-corrected chi connectivity index (χ2v) is 5.66. The number of hydrogen-bond acceptors (Lipinski definition) is 5. The van der Waals surface area contributed by atoms with Gasteiger partial charge in [-0.05, 0) is 50.2 Å². The summed E-state index contributed by atoms with van der Waals surface area (Å²) in [6.45, 7) is 4.74. The Hall–Kier alpha value is -2.02. The summed E-state index contributed by atoms with van der Waals surface area (Å²) in [6, 6.07) is 5.74. The van der Waals surface area contributed by atoms with E-state index in [2.05, 4.69) is 10.6 Å². The predicted octanol–water partition coefficient (Wildman–Crippen LogP) is 2.05. The summed E-state index contributed by atoms with van der Waals surface area (Å²) in [4.78, 5) is 11.4. The van der Waals surface area contributed by atoms with Gasteiger partial charge in [-0.15, -0.1) is 0 Å². The molecule has 7 heteroatoms. The third kappa shape index (κ3) is 7.04. The van der Waals surface area contributed by atoms with Crippen LogP contribution in [0.4, 0.5) is 0 Å². The van der Waals surface area contributed by atoms with E-state index in [4.69, 9.17) is 26.4 Å². The summed E-state index contributed by atoms with van der Waals surface area (Å²) in [6.07, 6.45) is 1.07. The van der Waals surface area contributed by atoms with Gasteiger partial charge in [-0.3, -0.25) is 4.79 Å². The first-order valence-electron chi connectivity index (χ1n) is 7.91. The van der Waals surface area contributed by atoms with Crippen LogP contribution in [-0.4, -0.2) is 44.5 Å². The van der Waals surface area contributed by atoms with E-state index >= 15 is 0 Å². The summed E-state index contributed by atoms with van der Waals surface area (Å²) >= 11 is 5.23. The van der Waals surface area contributed by atoms with Crippen LogP contribution < -0.4 is 20.1 Å². The normalized spacial score (nSPS) is 11.3. The summed E-state index contributed by atoms with van der Waals surface area (Å²) in [5, 5.41) is 6.72. The number of thiocarbonyl (C=S) groups is 1. The molecule has 134 valence electrons. The molecule has 24 heavy (non-hydrogen) atoms. The summed E-state index contributed by atoms with van der Waals surface area (Å²) in [7, 11) is 3.23. The topological polar surface area (TPSA) is 68.8 Å². The molecule has 0 spiro atoms. The maximum atomic E-state index is 11.4. The van der Waals surface area contributed by atoms with Crippen molar-refractivity contribution in [2.45, 2.75) is 32.7 Å². The molecule has 0 aliphatic carbocycles. The average Bonchev–Trinajstić information content (AvgIpc) is 2.54. The first-order valence-corrected chi connectivity index (χ1v) is 8.31. The van der Waals surface area contributed by atoms with E-state index in [-0.39, 0.29) is 18.4 Å². The Morgan fingerprint density at radius 1 is 1.25 bits per heavy atom. The van der Waals surface area contributed by atoms with Gasteiger partial charge in [0.2, 0.25) is 0 Å². The number of carbonyl (C=O) groups excluding carboxylic acids is 1. The van der Waals surface area contributed by atoms with Crippen LogP contribution in [0.1, 0.15) is 25.8 Å². The molecule has 0 aromatic heterocycles. The van der Waals surface area contributed by atoms with Crippen molar-refractivity contribution in [3.8, 4) is 11.5 Å².